The number of aryl methyl sites for hydroxylation is 2. The largest absolute Gasteiger partial charge is 0.461 e. The summed E-state index contributed by atoms with van der Waals surface area (Å²) in [7, 11) is 1.83. The quantitative estimate of drug-likeness (QED) is 0.534. The van der Waals surface area contributed by atoms with Gasteiger partial charge in [-0.2, -0.15) is 0 Å². The topological polar surface area (TPSA) is 56.5 Å². The molecule has 1 aliphatic rings. The summed E-state index contributed by atoms with van der Waals surface area (Å²) < 4.78 is 8.87. The molecule has 30 heavy (non-hydrogen) atoms. The molecule has 0 bridgehead atoms. The zero-order chi connectivity index (χ0) is 21.1. The fourth-order valence-electron chi connectivity index (χ4n) is 4.21. The molecule has 2 heterocycles. The highest BCUT2D eigenvalue weighted by atomic mass is 16.5. The molecule has 6 nitrogen and oxygen atoms in total. The number of esters is 1. The number of imidazole rings is 1. The predicted octanol–water partition coefficient (Wildman–Crippen LogP) is 3.71. The predicted molar refractivity (Wildman–Crippen MR) is 119 cm³/mol. The van der Waals surface area contributed by atoms with Gasteiger partial charge in [0.2, 0.25) is 0 Å². The Morgan fingerprint density at radius 1 is 1.10 bits per heavy atom. The van der Waals surface area contributed by atoms with Crippen molar-refractivity contribution in [2.75, 3.05) is 18.0 Å². The van der Waals surface area contributed by atoms with Crippen molar-refractivity contribution in [2.24, 2.45) is 13.0 Å². The van der Waals surface area contributed by atoms with Crippen LogP contribution in [0.2, 0.25) is 0 Å². The number of anilines is 1. The number of rotatable bonds is 8. The molecule has 0 unspecified atom stereocenters. The summed E-state index contributed by atoms with van der Waals surface area (Å²) in [5.74, 6) is 0.480. The van der Waals surface area contributed by atoms with Crippen LogP contribution < -0.4 is 10.6 Å². The molecular formula is C24H29N3O3. The van der Waals surface area contributed by atoms with Crippen LogP contribution in [0.5, 0.6) is 0 Å². The van der Waals surface area contributed by atoms with Crippen molar-refractivity contribution in [2.45, 2.75) is 39.3 Å². The van der Waals surface area contributed by atoms with Gasteiger partial charge in [-0.25, -0.2) is 4.79 Å². The highest BCUT2D eigenvalue weighted by Gasteiger charge is 2.27. The van der Waals surface area contributed by atoms with Crippen molar-refractivity contribution < 1.29 is 9.53 Å². The van der Waals surface area contributed by atoms with Crippen LogP contribution in [0.25, 0.3) is 11.0 Å². The van der Waals surface area contributed by atoms with Crippen LogP contribution in [0.4, 0.5) is 5.69 Å². The molecule has 0 radical (unpaired) electrons. The van der Waals surface area contributed by atoms with E-state index in [0.717, 1.165) is 48.2 Å². The average molecular weight is 408 g/mol. The number of carbonyl (C=O) groups is 1. The van der Waals surface area contributed by atoms with Crippen LogP contribution in [-0.2, 0) is 29.7 Å². The number of fused-ring (bicyclic) bond motifs is 1. The number of ether oxygens (including phenoxy) is 1. The lowest BCUT2D eigenvalue weighted by Gasteiger charge is -2.41. The van der Waals surface area contributed by atoms with Crippen molar-refractivity contribution in [1.29, 1.82) is 0 Å². The van der Waals surface area contributed by atoms with E-state index in [1.807, 2.05) is 50.4 Å². The van der Waals surface area contributed by atoms with Gasteiger partial charge in [0.15, 0.2) is 0 Å². The standard InChI is InChI=1S/C24H29N3O3/c1-3-27-21-13-12-20(14-22(21)25(2)24(27)29)26-15-19(16-26)10-7-11-23(28)30-17-18-8-5-4-6-9-18/h4-6,8-9,12-14,19H,3,7,10-11,15-17H2,1-2H3. The highest BCUT2D eigenvalue weighted by Crippen LogP contribution is 2.30. The maximum atomic E-state index is 12.3. The second-order valence-corrected chi connectivity index (χ2v) is 8.07. The van der Waals surface area contributed by atoms with Crippen molar-refractivity contribution in [1.82, 2.24) is 9.13 Å². The minimum absolute atomic E-state index is 0.0327. The van der Waals surface area contributed by atoms with Gasteiger partial charge in [0.05, 0.1) is 11.0 Å². The second kappa shape index (κ2) is 8.78. The van der Waals surface area contributed by atoms with E-state index < -0.39 is 0 Å². The average Bonchev–Trinajstić information content (AvgIpc) is 2.98. The van der Waals surface area contributed by atoms with Gasteiger partial charge in [-0.3, -0.25) is 13.9 Å². The minimum atomic E-state index is -0.123. The highest BCUT2D eigenvalue weighted by molar-refractivity contribution is 5.80. The van der Waals surface area contributed by atoms with Gasteiger partial charge in [0.25, 0.3) is 0 Å². The summed E-state index contributed by atoms with van der Waals surface area (Å²) in [5.41, 5.74) is 4.17. The molecule has 1 aromatic heterocycles. The number of benzene rings is 2. The van der Waals surface area contributed by atoms with Gasteiger partial charge < -0.3 is 9.64 Å². The Kier molecular flexibility index (Phi) is 5.93. The van der Waals surface area contributed by atoms with Crippen LogP contribution in [0.15, 0.2) is 53.3 Å². The van der Waals surface area contributed by atoms with E-state index in [0.29, 0.717) is 25.5 Å². The zero-order valence-corrected chi connectivity index (χ0v) is 17.7. The summed E-state index contributed by atoms with van der Waals surface area (Å²) in [5, 5.41) is 0. The molecule has 1 aliphatic heterocycles. The zero-order valence-electron chi connectivity index (χ0n) is 17.7. The van der Waals surface area contributed by atoms with E-state index >= 15 is 0 Å². The molecule has 3 aromatic rings. The van der Waals surface area contributed by atoms with E-state index in [2.05, 4.69) is 17.0 Å². The fourth-order valence-corrected chi connectivity index (χ4v) is 4.21. The molecule has 4 rings (SSSR count). The van der Waals surface area contributed by atoms with Gasteiger partial charge in [0, 0.05) is 38.8 Å². The summed E-state index contributed by atoms with van der Waals surface area (Å²) in [4.78, 5) is 26.6. The van der Waals surface area contributed by atoms with Crippen LogP contribution in [-0.4, -0.2) is 28.2 Å². The number of aromatic nitrogens is 2. The molecule has 2 aromatic carbocycles. The normalized spacial score (nSPS) is 14.1. The first kappa shape index (κ1) is 20.3. The molecule has 0 atom stereocenters. The fraction of sp³-hybridized carbons (Fsp3) is 0.417. The number of hydrogen-bond acceptors (Lipinski definition) is 4. The molecule has 0 saturated carbocycles. The minimum Gasteiger partial charge on any atom is -0.461 e. The SMILES string of the molecule is CCn1c(=O)n(C)c2cc(N3CC(CCCC(=O)OCc4ccccc4)C3)ccc21. The second-order valence-electron chi connectivity index (χ2n) is 8.07. The van der Waals surface area contributed by atoms with Gasteiger partial charge >= 0.3 is 11.7 Å². The van der Waals surface area contributed by atoms with Crippen molar-refractivity contribution in [3.8, 4) is 0 Å². The summed E-state index contributed by atoms with van der Waals surface area (Å²) in [6.45, 7) is 5.00. The molecule has 0 aliphatic carbocycles. The van der Waals surface area contributed by atoms with E-state index in [1.165, 1.54) is 0 Å². The lowest BCUT2D eigenvalue weighted by Crippen LogP contribution is -2.46. The van der Waals surface area contributed by atoms with E-state index in [9.17, 15) is 9.59 Å². The summed E-state index contributed by atoms with van der Waals surface area (Å²) in [6.07, 6.45) is 2.37. The van der Waals surface area contributed by atoms with Crippen molar-refractivity contribution >= 4 is 22.7 Å². The van der Waals surface area contributed by atoms with Crippen LogP contribution in [0.3, 0.4) is 0 Å². The first-order valence-electron chi connectivity index (χ1n) is 10.7. The third kappa shape index (κ3) is 4.13. The summed E-state index contributed by atoms with van der Waals surface area (Å²) in [6, 6.07) is 16.0. The third-order valence-electron chi connectivity index (χ3n) is 6.00. The number of hydrogen-bond donors (Lipinski definition) is 0. The van der Waals surface area contributed by atoms with E-state index in [1.54, 1.807) is 9.13 Å². The lowest BCUT2D eigenvalue weighted by molar-refractivity contribution is -0.145. The van der Waals surface area contributed by atoms with E-state index in [4.69, 9.17) is 4.74 Å². The van der Waals surface area contributed by atoms with Crippen molar-refractivity contribution in [3.05, 3.63) is 64.6 Å². The first-order chi connectivity index (χ1) is 14.6. The van der Waals surface area contributed by atoms with Crippen molar-refractivity contribution in [3.63, 3.8) is 0 Å². The van der Waals surface area contributed by atoms with Gasteiger partial charge in [-0.15, -0.1) is 0 Å². The Labute approximate surface area is 176 Å². The molecule has 6 heteroatoms. The van der Waals surface area contributed by atoms with Crippen LogP contribution in [0, 0.1) is 5.92 Å². The lowest BCUT2D eigenvalue weighted by atomic mass is 9.93. The number of carbonyl (C=O) groups excluding carboxylic acids is 1. The van der Waals surface area contributed by atoms with Gasteiger partial charge in [-0.05, 0) is 49.4 Å². The monoisotopic (exact) mass is 407 g/mol. The third-order valence-corrected chi connectivity index (χ3v) is 6.00. The smallest absolute Gasteiger partial charge is 0.328 e. The molecular weight excluding hydrogens is 378 g/mol. The Hall–Kier alpha value is -3.02. The maximum absolute atomic E-state index is 12.3. The number of nitrogens with zero attached hydrogens (tertiary/aromatic N) is 3. The molecule has 0 spiro atoms. The first-order valence-corrected chi connectivity index (χ1v) is 10.7. The Bertz CT molecular complexity index is 1080. The molecule has 1 saturated heterocycles. The van der Waals surface area contributed by atoms with Gasteiger partial charge in [-0.1, -0.05) is 30.3 Å². The Balaban J connectivity index is 1.23. The summed E-state index contributed by atoms with van der Waals surface area (Å²) >= 11 is 0. The Morgan fingerprint density at radius 2 is 1.87 bits per heavy atom. The molecule has 0 amide bonds. The van der Waals surface area contributed by atoms with E-state index in [-0.39, 0.29) is 11.7 Å². The molecule has 0 N–H and O–H groups in total. The van der Waals surface area contributed by atoms with Crippen LogP contribution in [0.1, 0.15) is 31.7 Å². The maximum Gasteiger partial charge on any atom is 0.328 e. The molecule has 158 valence electrons. The van der Waals surface area contributed by atoms with Gasteiger partial charge in [0.1, 0.15) is 6.61 Å². The van der Waals surface area contributed by atoms with Crippen LogP contribution >= 0.6 is 0 Å². The molecule has 1 fully saturated rings. The Morgan fingerprint density at radius 3 is 2.60 bits per heavy atom.